The van der Waals surface area contributed by atoms with E-state index >= 15 is 0 Å². The van der Waals surface area contributed by atoms with Gasteiger partial charge in [-0.2, -0.15) is 0 Å². The molecule has 0 amide bonds. The van der Waals surface area contributed by atoms with Crippen LogP contribution in [0.3, 0.4) is 0 Å². The number of rotatable bonds is 3. The second-order valence-electron chi connectivity index (χ2n) is 5.31. The zero-order valence-electron chi connectivity index (χ0n) is 10.3. The van der Waals surface area contributed by atoms with Crippen molar-refractivity contribution in [1.29, 1.82) is 0 Å². The molecule has 0 unspecified atom stereocenters. The minimum absolute atomic E-state index is 0.457. The van der Waals surface area contributed by atoms with Gasteiger partial charge in [-0.05, 0) is 37.5 Å². The van der Waals surface area contributed by atoms with Crippen LogP contribution >= 0.6 is 11.3 Å². The molecule has 0 saturated heterocycles. The first-order chi connectivity index (χ1) is 7.65. The van der Waals surface area contributed by atoms with E-state index in [1.807, 2.05) is 11.3 Å². The highest BCUT2D eigenvalue weighted by Crippen LogP contribution is 2.28. The average molecular weight is 238 g/mol. The Morgan fingerprint density at radius 1 is 1.38 bits per heavy atom. The van der Waals surface area contributed by atoms with Crippen molar-refractivity contribution in [3.63, 3.8) is 0 Å². The van der Waals surface area contributed by atoms with Gasteiger partial charge in [-0.25, -0.2) is 4.98 Å². The number of nitrogens with zero attached hydrogens (tertiary/aromatic N) is 1. The summed E-state index contributed by atoms with van der Waals surface area (Å²) < 4.78 is 0. The van der Waals surface area contributed by atoms with Gasteiger partial charge in [0.1, 0.15) is 0 Å². The molecule has 16 heavy (non-hydrogen) atoms. The van der Waals surface area contributed by atoms with Crippen LogP contribution in [0.5, 0.6) is 0 Å². The second kappa shape index (κ2) is 5.28. The molecular formula is C13H22N2S. The molecule has 0 bridgehead atoms. The number of hydrogen-bond acceptors (Lipinski definition) is 3. The van der Waals surface area contributed by atoms with Gasteiger partial charge in [0.05, 0.1) is 10.7 Å². The maximum atomic E-state index is 5.92. The predicted octanol–water partition coefficient (Wildman–Crippen LogP) is 3.33. The summed E-state index contributed by atoms with van der Waals surface area (Å²) in [6.45, 7) is 4.41. The van der Waals surface area contributed by atoms with E-state index in [0.717, 1.165) is 5.92 Å². The van der Waals surface area contributed by atoms with Gasteiger partial charge in [0, 0.05) is 17.8 Å². The van der Waals surface area contributed by atoms with Gasteiger partial charge in [-0.1, -0.05) is 13.8 Å². The van der Waals surface area contributed by atoms with Crippen LogP contribution in [-0.4, -0.2) is 11.0 Å². The molecule has 90 valence electrons. The third kappa shape index (κ3) is 3.05. The lowest BCUT2D eigenvalue weighted by Crippen LogP contribution is -2.27. The van der Waals surface area contributed by atoms with Crippen molar-refractivity contribution in [3.8, 4) is 0 Å². The average Bonchev–Trinajstić information content (AvgIpc) is 2.70. The Morgan fingerprint density at radius 3 is 2.62 bits per heavy atom. The molecule has 0 spiro atoms. The minimum atomic E-state index is 0.457. The first-order valence-corrected chi connectivity index (χ1v) is 7.23. The van der Waals surface area contributed by atoms with E-state index in [-0.39, 0.29) is 0 Å². The zero-order chi connectivity index (χ0) is 11.5. The van der Waals surface area contributed by atoms with E-state index in [0.29, 0.717) is 12.0 Å². The second-order valence-corrected chi connectivity index (χ2v) is 6.25. The Bertz CT molecular complexity index is 324. The molecule has 2 nitrogen and oxygen atoms in total. The third-order valence-corrected chi connectivity index (χ3v) is 4.41. The Morgan fingerprint density at radius 2 is 2.06 bits per heavy atom. The molecule has 2 rings (SSSR count). The Kier molecular flexibility index (Phi) is 3.98. The van der Waals surface area contributed by atoms with E-state index in [4.69, 9.17) is 10.7 Å². The van der Waals surface area contributed by atoms with Gasteiger partial charge < -0.3 is 5.73 Å². The molecule has 1 aliphatic rings. The van der Waals surface area contributed by atoms with Crippen LogP contribution in [0.25, 0.3) is 0 Å². The van der Waals surface area contributed by atoms with Gasteiger partial charge in [0.25, 0.3) is 0 Å². The van der Waals surface area contributed by atoms with E-state index < -0.39 is 0 Å². The van der Waals surface area contributed by atoms with Gasteiger partial charge in [0.2, 0.25) is 0 Å². The van der Waals surface area contributed by atoms with Gasteiger partial charge in [-0.15, -0.1) is 11.3 Å². The standard InChI is InChI=1S/C13H22N2S/c1-9(2)12-8-16-13(15-12)7-10-3-5-11(14)6-4-10/h8-11H,3-7,14H2,1-2H3. The highest BCUT2D eigenvalue weighted by molar-refractivity contribution is 7.09. The Labute approximate surface area is 102 Å². The highest BCUT2D eigenvalue weighted by atomic mass is 32.1. The summed E-state index contributed by atoms with van der Waals surface area (Å²) in [4.78, 5) is 4.71. The van der Waals surface area contributed by atoms with Crippen LogP contribution in [-0.2, 0) is 6.42 Å². The third-order valence-electron chi connectivity index (χ3n) is 3.52. The quantitative estimate of drug-likeness (QED) is 0.877. The topological polar surface area (TPSA) is 38.9 Å². The van der Waals surface area contributed by atoms with Crippen molar-refractivity contribution in [3.05, 3.63) is 16.1 Å². The summed E-state index contributed by atoms with van der Waals surface area (Å²) >= 11 is 1.83. The Balaban J connectivity index is 1.88. The normalized spacial score (nSPS) is 26.2. The molecule has 0 atom stereocenters. The van der Waals surface area contributed by atoms with Crippen molar-refractivity contribution >= 4 is 11.3 Å². The van der Waals surface area contributed by atoms with E-state index in [1.54, 1.807) is 0 Å². The fraction of sp³-hybridized carbons (Fsp3) is 0.769. The molecule has 1 aromatic heterocycles. The molecule has 1 aliphatic carbocycles. The first kappa shape index (κ1) is 12.1. The molecule has 0 aromatic carbocycles. The van der Waals surface area contributed by atoms with Crippen LogP contribution < -0.4 is 5.73 Å². The maximum Gasteiger partial charge on any atom is 0.0931 e. The lowest BCUT2D eigenvalue weighted by molar-refractivity contribution is 0.324. The molecule has 1 heterocycles. The molecule has 1 aromatic rings. The van der Waals surface area contributed by atoms with E-state index in [2.05, 4.69) is 19.2 Å². The summed E-state index contributed by atoms with van der Waals surface area (Å²) in [6, 6.07) is 0.457. The molecule has 1 fully saturated rings. The summed E-state index contributed by atoms with van der Waals surface area (Å²) in [5.41, 5.74) is 7.18. The van der Waals surface area contributed by atoms with Gasteiger partial charge in [-0.3, -0.25) is 0 Å². The minimum Gasteiger partial charge on any atom is -0.328 e. The molecule has 0 aliphatic heterocycles. The molecule has 0 radical (unpaired) electrons. The van der Waals surface area contributed by atoms with Crippen LogP contribution in [0.1, 0.15) is 56.2 Å². The number of nitrogens with two attached hydrogens (primary N) is 1. The maximum absolute atomic E-state index is 5.92. The van der Waals surface area contributed by atoms with Crippen molar-refractivity contribution in [2.75, 3.05) is 0 Å². The van der Waals surface area contributed by atoms with Crippen LogP contribution in [0.2, 0.25) is 0 Å². The monoisotopic (exact) mass is 238 g/mol. The lowest BCUT2D eigenvalue weighted by atomic mass is 9.85. The zero-order valence-corrected chi connectivity index (χ0v) is 11.1. The van der Waals surface area contributed by atoms with E-state index in [1.165, 1.54) is 42.8 Å². The molecule has 2 N–H and O–H groups in total. The summed E-state index contributed by atoms with van der Waals surface area (Å²) in [7, 11) is 0. The number of thiazole rings is 1. The summed E-state index contributed by atoms with van der Waals surface area (Å²) in [6.07, 6.45) is 6.15. The van der Waals surface area contributed by atoms with Crippen molar-refractivity contribution in [2.45, 2.75) is 57.9 Å². The summed E-state index contributed by atoms with van der Waals surface area (Å²) in [5, 5.41) is 3.54. The van der Waals surface area contributed by atoms with Crippen LogP contribution in [0.15, 0.2) is 5.38 Å². The fourth-order valence-electron chi connectivity index (χ4n) is 2.32. The molecular weight excluding hydrogens is 216 g/mol. The SMILES string of the molecule is CC(C)c1csc(CC2CCC(N)CC2)n1. The van der Waals surface area contributed by atoms with Crippen LogP contribution in [0.4, 0.5) is 0 Å². The van der Waals surface area contributed by atoms with Crippen molar-refractivity contribution < 1.29 is 0 Å². The lowest BCUT2D eigenvalue weighted by Gasteiger charge is -2.25. The smallest absolute Gasteiger partial charge is 0.0931 e. The first-order valence-electron chi connectivity index (χ1n) is 6.35. The van der Waals surface area contributed by atoms with Crippen molar-refractivity contribution in [2.24, 2.45) is 11.7 Å². The Hall–Kier alpha value is -0.410. The molecule has 3 heteroatoms. The largest absolute Gasteiger partial charge is 0.328 e. The fourth-order valence-corrected chi connectivity index (χ4v) is 3.40. The predicted molar refractivity (Wildman–Crippen MR) is 69.8 cm³/mol. The number of aromatic nitrogens is 1. The van der Waals surface area contributed by atoms with Crippen LogP contribution in [0, 0.1) is 5.92 Å². The number of hydrogen-bond donors (Lipinski definition) is 1. The van der Waals surface area contributed by atoms with Crippen molar-refractivity contribution in [1.82, 2.24) is 4.98 Å². The highest BCUT2D eigenvalue weighted by Gasteiger charge is 2.20. The van der Waals surface area contributed by atoms with Gasteiger partial charge >= 0.3 is 0 Å². The summed E-state index contributed by atoms with van der Waals surface area (Å²) in [5.74, 6) is 1.38. The molecule has 1 saturated carbocycles. The van der Waals surface area contributed by atoms with E-state index in [9.17, 15) is 0 Å². The van der Waals surface area contributed by atoms with Gasteiger partial charge in [0.15, 0.2) is 0 Å².